The van der Waals surface area contributed by atoms with E-state index in [9.17, 15) is 0 Å². The molecule has 0 radical (unpaired) electrons. The highest BCUT2D eigenvalue weighted by molar-refractivity contribution is 6.32. The summed E-state index contributed by atoms with van der Waals surface area (Å²) >= 11 is 12.7. The highest BCUT2D eigenvalue weighted by Crippen LogP contribution is 2.37. The molecule has 1 aliphatic rings. The van der Waals surface area contributed by atoms with Crippen LogP contribution < -0.4 is 24.3 Å². The van der Waals surface area contributed by atoms with Crippen LogP contribution in [0.25, 0.3) is 0 Å². The maximum absolute atomic E-state index is 6.48. The lowest BCUT2D eigenvalue weighted by Crippen LogP contribution is -2.13. The van der Waals surface area contributed by atoms with E-state index in [1.54, 1.807) is 7.11 Å². The Labute approximate surface area is 197 Å². The third kappa shape index (κ3) is 5.69. The van der Waals surface area contributed by atoms with Crippen molar-refractivity contribution in [2.45, 2.75) is 19.7 Å². The Bertz CT molecular complexity index is 1050. The van der Waals surface area contributed by atoms with Crippen molar-refractivity contribution < 1.29 is 18.9 Å². The van der Waals surface area contributed by atoms with Gasteiger partial charge in [0.25, 0.3) is 0 Å². The van der Waals surface area contributed by atoms with Gasteiger partial charge in [0.15, 0.2) is 23.0 Å². The summed E-state index contributed by atoms with van der Waals surface area (Å²) in [6.45, 7) is 1.88. The van der Waals surface area contributed by atoms with Gasteiger partial charge in [0.2, 0.25) is 6.79 Å². The van der Waals surface area contributed by atoms with Crippen molar-refractivity contribution in [2.24, 2.45) is 0 Å². The molecule has 1 aliphatic heterocycles. The Morgan fingerprint density at radius 1 is 0.903 bits per heavy atom. The molecule has 3 aromatic carbocycles. The second-order valence-corrected chi connectivity index (χ2v) is 7.59. The third-order valence-corrected chi connectivity index (χ3v) is 5.36. The van der Waals surface area contributed by atoms with Crippen molar-refractivity contribution in [3.63, 3.8) is 0 Å². The molecule has 31 heavy (non-hydrogen) atoms. The smallest absolute Gasteiger partial charge is 0.231 e. The van der Waals surface area contributed by atoms with Crippen molar-refractivity contribution in [3.05, 3.63) is 81.3 Å². The minimum atomic E-state index is 0. The first-order chi connectivity index (χ1) is 14.6. The highest BCUT2D eigenvalue weighted by Gasteiger charge is 2.14. The molecule has 3 aromatic rings. The van der Waals surface area contributed by atoms with Crippen LogP contribution in [0.3, 0.4) is 0 Å². The zero-order chi connectivity index (χ0) is 20.9. The molecule has 0 unspecified atom stereocenters. The van der Waals surface area contributed by atoms with Crippen LogP contribution in [0.5, 0.6) is 23.0 Å². The summed E-state index contributed by atoms with van der Waals surface area (Å²) in [6, 6.07) is 17.2. The van der Waals surface area contributed by atoms with Crippen LogP contribution >= 0.6 is 35.6 Å². The molecule has 0 aliphatic carbocycles. The number of hydrogen-bond acceptors (Lipinski definition) is 5. The third-order valence-electron chi connectivity index (χ3n) is 4.71. The van der Waals surface area contributed by atoms with Crippen molar-refractivity contribution in [3.8, 4) is 23.0 Å². The number of rotatable bonds is 8. The van der Waals surface area contributed by atoms with Gasteiger partial charge in [0, 0.05) is 23.7 Å². The molecule has 0 saturated heterocycles. The van der Waals surface area contributed by atoms with E-state index in [0.717, 1.165) is 28.2 Å². The van der Waals surface area contributed by atoms with E-state index in [2.05, 4.69) is 5.32 Å². The summed E-state index contributed by atoms with van der Waals surface area (Å²) in [5.74, 6) is 2.63. The predicted octanol–water partition coefficient (Wildman–Crippen LogP) is 6.02. The Balaban J connectivity index is 0.00000272. The predicted molar refractivity (Wildman–Crippen MR) is 124 cm³/mol. The molecule has 0 atom stereocenters. The topological polar surface area (TPSA) is 49.0 Å². The molecule has 0 saturated carbocycles. The summed E-state index contributed by atoms with van der Waals surface area (Å²) in [5, 5.41) is 4.54. The van der Waals surface area contributed by atoms with Crippen LogP contribution in [0.1, 0.15) is 16.7 Å². The van der Waals surface area contributed by atoms with Crippen LogP contribution in [-0.2, 0) is 19.7 Å². The largest absolute Gasteiger partial charge is 0.493 e. The summed E-state index contributed by atoms with van der Waals surface area (Å²) < 4.78 is 22.2. The van der Waals surface area contributed by atoms with Gasteiger partial charge in [-0.25, -0.2) is 0 Å². The summed E-state index contributed by atoms with van der Waals surface area (Å²) in [4.78, 5) is 0. The fourth-order valence-corrected chi connectivity index (χ4v) is 3.66. The van der Waals surface area contributed by atoms with E-state index in [1.165, 1.54) is 0 Å². The van der Waals surface area contributed by atoms with Gasteiger partial charge in [-0.15, -0.1) is 12.4 Å². The maximum atomic E-state index is 6.48. The highest BCUT2D eigenvalue weighted by atomic mass is 35.5. The SMILES string of the molecule is COc1cc(CNCc2ccc3c(c2)OCO3)cc(Cl)c1OCc1ccccc1Cl.Cl. The van der Waals surface area contributed by atoms with Crippen molar-refractivity contribution in [1.29, 1.82) is 0 Å². The van der Waals surface area contributed by atoms with Crippen LogP contribution in [0.15, 0.2) is 54.6 Å². The van der Waals surface area contributed by atoms with E-state index < -0.39 is 0 Å². The second kappa shape index (κ2) is 10.8. The van der Waals surface area contributed by atoms with Crippen molar-refractivity contribution in [2.75, 3.05) is 13.9 Å². The number of fused-ring (bicyclic) bond motifs is 1. The standard InChI is InChI=1S/C23H21Cl2NO4.ClH/c1-27-22-10-16(12-26-11-15-6-7-20-21(9-15)30-14-29-20)8-19(25)23(22)28-13-17-4-2-3-5-18(17)24;/h2-10,26H,11-14H2,1H3;1H. The lowest BCUT2D eigenvalue weighted by molar-refractivity contribution is 0.174. The van der Waals surface area contributed by atoms with Crippen LogP contribution in [0.4, 0.5) is 0 Å². The van der Waals surface area contributed by atoms with E-state index in [-0.39, 0.29) is 19.2 Å². The van der Waals surface area contributed by atoms with Gasteiger partial charge in [-0.2, -0.15) is 0 Å². The number of benzene rings is 3. The Morgan fingerprint density at radius 3 is 2.48 bits per heavy atom. The van der Waals surface area contributed by atoms with Gasteiger partial charge in [-0.3, -0.25) is 0 Å². The first kappa shape index (κ1) is 23.4. The lowest BCUT2D eigenvalue weighted by Gasteiger charge is -2.15. The second-order valence-electron chi connectivity index (χ2n) is 6.78. The molecule has 164 valence electrons. The number of halogens is 3. The van der Waals surface area contributed by atoms with Gasteiger partial charge in [-0.1, -0.05) is 47.5 Å². The summed E-state index contributed by atoms with van der Waals surface area (Å²) in [5.41, 5.74) is 2.98. The molecule has 0 fully saturated rings. The van der Waals surface area contributed by atoms with Crippen LogP contribution in [0, 0.1) is 0 Å². The number of methoxy groups -OCH3 is 1. The Hall–Kier alpha value is -2.31. The van der Waals surface area contributed by atoms with E-state index >= 15 is 0 Å². The Kier molecular flexibility index (Phi) is 8.15. The summed E-state index contributed by atoms with van der Waals surface area (Å²) in [7, 11) is 1.60. The normalized spacial score (nSPS) is 11.7. The first-order valence-electron chi connectivity index (χ1n) is 9.46. The van der Waals surface area contributed by atoms with Gasteiger partial charge >= 0.3 is 0 Å². The molecular formula is C23H22Cl3NO4. The molecule has 8 heteroatoms. The zero-order valence-corrected chi connectivity index (χ0v) is 19.2. The average Bonchev–Trinajstić information content (AvgIpc) is 3.21. The number of ether oxygens (including phenoxy) is 4. The van der Waals surface area contributed by atoms with Gasteiger partial charge in [-0.05, 0) is 41.5 Å². The number of nitrogens with one attached hydrogen (secondary N) is 1. The molecule has 0 spiro atoms. The van der Waals surface area contributed by atoms with Crippen molar-refractivity contribution in [1.82, 2.24) is 5.32 Å². The molecule has 1 N–H and O–H groups in total. The first-order valence-corrected chi connectivity index (χ1v) is 10.2. The molecule has 4 rings (SSSR count). The monoisotopic (exact) mass is 481 g/mol. The quantitative estimate of drug-likeness (QED) is 0.425. The molecular weight excluding hydrogens is 461 g/mol. The fraction of sp³-hybridized carbons (Fsp3) is 0.217. The molecule has 0 amide bonds. The fourth-order valence-electron chi connectivity index (χ4n) is 3.18. The van der Waals surface area contributed by atoms with Crippen LogP contribution in [0.2, 0.25) is 10.0 Å². The van der Waals surface area contributed by atoms with Crippen LogP contribution in [-0.4, -0.2) is 13.9 Å². The van der Waals surface area contributed by atoms with Gasteiger partial charge in [0.1, 0.15) is 6.61 Å². The summed E-state index contributed by atoms with van der Waals surface area (Å²) in [6.07, 6.45) is 0. The van der Waals surface area contributed by atoms with Crippen molar-refractivity contribution >= 4 is 35.6 Å². The van der Waals surface area contributed by atoms with E-state index in [4.69, 9.17) is 42.1 Å². The maximum Gasteiger partial charge on any atom is 0.231 e. The molecule has 5 nitrogen and oxygen atoms in total. The molecule has 1 heterocycles. The van der Waals surface area contributed by atoms with Gasteiger partial charge < -0.3 is 24.3 Å². The number of hydrogen-bond donors (Lipinski definition) is 1. The molecule has 0 aromatic heterocycles. The van der Waals surface area contributed by atoms with Gasteiger partial charge in [0.05, 0.1) is 12.1 Å². The zero-order valence-electron chi connectivity index (χ0n) is 16.8. The minimum absolute atomic E-state index is 0. The molecule has 0 bridgehead atoms. The van der Waals surface area contributed by atoms with E-state index in [0.29, 0.717) is 41.2 Å². The average molecular weight is 483 g/mol. The Morgan fingerprint density at radius 2 is 1.68 bits per heavy atom. The lowest BCUT2D eigenvalue weighted by atomic mass is 10.1. The van der Waals surface area contributed by atoms with E-state index in [1.807, 2.05) is 54.6 Å². The minimum Gasteiger partial charge on any atom is -0.493 e.